The van der Waals surface area contributed by atoms with Gasteiger partial charge in [-0.1, -0.05) is 23.9 Å². The number of amides is 2. The molecular weight excluding hydrogens is 374 g/mol. The standard InChI is InChI=1S/C17H15N3O4S2/c1-20-8-4-6-12(20)16(23)19-14(21)9-24-15(22)10-25-17-18-11-5-2-3-7-13(11)26-17/h2-8H,9-10H2,1H3,(H,19,21,23). The van der Waals surface area contributed by atoms with E-state index in [4.69, 9.17) is 4.74 Å². The van der Waals surface area contributed by atoms with Crippen LogP contribution >= 0.6 is 23.1 Å². The number of ether oxygens (including phenoxy) is 1. The molecule has 0 saturated heterocycles. The number of fused-ring (bicyclic) bond motifs is 1. The van der Waals surface area contributed by atoms with Crippen LogP contribution in [0.5, 0.6) is 0 Å². The number of carbonyl (C=O) groups excluding carboxylic acids is 3. The van der Waals surface area contributed by atoms with Gasteiger partial charge in [0.05, 0.1) is 16.0 Å². The van der Waals surface area contributed by atoms with E-state index in [1.807, 2.05) is 24.3 Å². The number of thioether (sulfide) groups is 1. The highest BCUT2D eigenvalue weighted by Gasteiger charge is 2.15. The molecule has 2 aromatic heterocycles. The molecule has 2 amide bonds. The predicted molar refractivity (Wildman–Crippen MR) is 99.2 cm³/mol. The van der Waals surface area contributed by atoms with E-state index in [0.29, 0.717) is 5.69 Å². The zero-order valence-corrected chi connectivity index (χ0v) is 15.4. The summed E-state index contributed by atoms with van der Waals surface area (Å²) in [7, 11) is 1.69. The van der Waals surface area contributed by atoms with Crippen LogP contribution in [-0.2, 0) is 21.4 Å². The SMILES string of the molecule is Cn1cccc1C(=O)NC(=O)COC(=O)CSc1nc2ccccc2s1. The number of imide groups is 1. The lowest BCUT2D eigenvalue weighted by Crippen LogP contribution is -2.35. The number of rotatable bonds is 6. The highest BCUT2D eigenvalue weighted by Crippen LogP contribution is 2.29. The fourth-order valence-corrected chi connectivity index (χ4v) is 4.01. The van der Waals surface area contributed by atoms with Gasteiger partial charge >= 0.3 is 5.97 Å². The van der Waals surface area contributed by atoms with E-state index in [0.717, 1.165) is 14.6 Å². The summed E-state index contributed by atoms with van der Waals surface area (Å²) in [6.45, 7) is -0.505. The van der Waals surface area contributed by atoms with E-state index in [1.54, 1.807) is 29.9 Å². The summed E-state index contributed by atoms with van der Waals surface area (Å²) >= 11 is 2.74. The van der Waals surface area contributed by atoms with Crippen LogP contribution in [0.25, 0.3) is 10.2 Å². The smallest absolute Gasteiger partial charge is 0.316 e. The average molecular weight is 389 g/mol. The Balaban J connectivity index is 1.42. The summed E-state index contributed by atoms with van der Waals surface area (Å²) in [6, 6.07) is 11.0. The van der Waals surface area contributed by atoms with Crippen LogP contribution in [0.2, 0.25) is 0 Å². The molecule has 0 saturated carbocycles. The van der Waals surface area contributed by atoms with Crippen LogP contribution in [0.15, 0.2) is 46.9 Å². The minimum absolute atomic E-state index is 0.0405. The van der Waals surface area contributed by atoms with E-state index >= 15 is 0 Å². The van der Waals surface area contributed by atoms with E-state index in [1.165, 1.54) is 23.1 Å². The molecule has 134 valence electrons. The largest absolute Gasteiger partial charge is 0.455 e. The van der Waals surface area contributed by atoms with Crippen LogP contribution in [-0.4, -0.2) is 39.7 Å². The highest BCUT2D eigenvalue weighted by molar-refractivity contribution is 8.01. The Labute approximate surface area is 157 Å². The second-order valence-electron chi connectivity index (χ2n) is 5.28. The number of hydrogen-bond donors (Lipinski definition) is 1. The van der Waals surface area contributed by atoms with Gasteiger partial charge in [-0.15, -0.1) is 11.3 Å². The monoisotopic (exact) mass is 389 g/mol. The fraction of sp³-hybridized carbons (Fsp3) is 0.176. The molecule has 1 N–H and O–H groups in total. The summed E-state index contributed by atoms with van der Waals surface area (Å²) in [5.74, 6) is -1.72. The zero-order chi connectivity index (χ0) is 18.5. The van der Waals surface area contributed by atoms with Gasteiger partial charge in [-0.3, -0.25) is 19.7 Å². The molecule has 3 rings (SSSR count). The third-order valence-corrected chi connectivity index (χ3v) is 5.53. The Morgan fingerprint density at radius 1 is 1.23 bits per heavy atom. The molecule has 0 aliphatic carbocycles. The van der Waals surface area contributed by atoms with Crippen molar-refractivity contribution in [3.8, 4) is 0 Å². The van der Waals surface area contributed by atoms with E-state index in [-0.39, 0.29) is 5.75 Å². The van der Waals surface area contributed by atoms with Gasteiger partial charge in [-0.25, -0.2) is 4.98 Å². The number of esters is 1. The minimum Gasteiger partial charge on any atom is -0.455 e. The number of nitrogens with zero attached hydrogens (tertiary/aromatic N) is 2. The van der Waals surface area contributed by atoms with Gasteiger partial charge in [0.15, 0.2) is 10.9 Å². The Bertz CT molecular complexity index is 931. The van der Waals surface area contributed by atoms with Gasteiger partial charge in [-0.2, -0.15) is 0 Å². The molecule has 0 radical (unpaired) electrons. The lowest BCUT2D eigenvalue weighted by Gasteiger charge is -2.06. The van der Waals surface area contributed by atoms with E-state index < -0.39 is 24.4 Å². The molecule has 9 heteroatoms. The molecule has 0 unspecified atom stereocenters. The fourth-order valence-electron chi connectivity index (χ4n) is 2.14. The Hall–Kier alpha value is -2.65. The van der Waals surface area contributed by atoms with Crippen LogP contribution in [0.1, 0.15) is 10.5 Å². The van der Waals surface area contributed by atoms with Crippen LogP contribution < -0.4 is 5.32 Å². The molecule has 0 fully saturated rings. The van der Waals surface area contributed by atoms with Gasteiger partial charge in [0.2, 0.25) is 0 Å². The molecule has 7 nitrogen and oxygen atoms in total. The third kappa shape index (κ3) is 4.50. The maximum atomic E-state index is 11.9. The molecule has 0 bridgehead atoms. The first-order valence-corrected chi connectivity index (χ1v) is 9.42. The number of benzene rings is 1. The number of nitrogens with one attached hydrogen (secondary N) is 1. The lowest BCUT2D eigenvalue weighted by atomic mass is 10.3. The van der Waals surface area contributed by atoms with E-state index in [9.17, 15) is 14.4 Å². The van der Waals surface area contributed by atoms with Gasteiger partial charge in [0.1, 0.15) is 5.69 Å². The Kier molecular flexibility index (Phi) is 5.69. The minimum atomic E-state index is -0.672. The maximum absolute atomic E-state index is 11.9. The summed E-state index contributed by atoms with van der Waals surface area (Å²) in [4.78, 5) is 39.8. The van der Waals surface area contributed by atoms with Crippen molar-refractivity contribution < 1.29 is 19.1 Å². The molecular formula is C17H15N3O4S2. The van der Waals surface area contributed by atoms with Crippen molar-refractivity contribution in [3.05, 3.63) is 48.3 Å². The zero-order valence-electron chi connectivity index (χ0n) is 13.8. The summed E-state index contributed by atoms with van der Waals surface area (Å²) in [5, 5.41) is 2.18. The first-order valence-electron chi connectivity index (χ1n) is 7.62. The number of carbonyl (C=O) groups is 3. The average Bonchev–Trinajstić information content (AvgIpc) is 3.23. The van der Waals surface area contributed by atoms with Crippen LogP contribution in [0.3, 0.4) is 0 Å². The maximum Gasteiger partial charge on any atom is 0.316 e. The summed E-state index contributed by atoms with van der Waals surface area (Å²) < 4.78 is 8.28. The quantitative estimate of drug-likeness (QED) is 0.514. The second kappa shape index (κ2) is 8.15. The lowest BCUT2D eigenvalue weighted by molar-refractivity contribution is -0.145. The molecule has 3 aromatic rings. The van der Waals surface area contributed by atoms with E-state index in [2.05, 4.69) is 10.3 Å². The number of aryl methyl sites for hydroxylation is 1. The van der Waals surface area contributed by atoms with Crippen molar-refractivity contribution in [2.75, 3.05) is 12.4 Å². The molecule has 0 atom stereocenters. The number of para-hydroxylation sites is 1. The molecule has 1 aromatic carbocycles. The molecule has 0 aliphatic heterocycles. The number of aromatic nitrogens is 2. The highest BCUT2D eigenvalue weighted by atomic mass is 32.2. The number of hydrogen-bond acceptors (Lipinski definition) is 7. The number of thiazole rings is 1. The summed E-state index contributed by atoms with van der Waals surface area (Å²) in [6.07, 6.45) is 1.69. The Morgan fingerprint density at radius 2 is 2.04 bits per heavy atom. The summed E-state index contributed by atoms with van der Waals surface area (Å²) in [5.41, 5.74) is 1.23. The first kappa shape index (κ1) is 18.2. The topological polar surface area (TPSA) is 90.3 Å². The van der Waals surface area contributed by atoms with Crippen molar-refractivity contribution in [2.45, 2.75) is 4.34 Å². The second-order valence-corrected chi connectivity index (χ2v) is 7.53. The predicted octanol–water partition coefficient (Wildman–Crippen LogP) is 2.23. The van der Waals surface area contributed by atoms with Gasteiger partial charge in [-0.05, 0) is 24.3 Å². The van der Waals surface area contributed by atoms with Crippen molar-refractivity contribution in [3.63, 3.8) is 0 Å². The first-order chi connectivity index (χ1) is 12.5. The molecule has 2 heterocycles. The molecule has 0 spiro atoms. The van der Waals surface area contributed by atoms with Gasteiger partial charge in [0, 0.05) is 13.2 Å². The van der Waals surface area contributed by atoms with Crippen LogP contribution in [0.4, 0.5) is 0 Å². The van der Waals surface area contributed by atoms with Crippen molar-refractivity contribution in [1.82, 2.24) is 14.9 Å². The van der Waals surface area contributed by atoms with Gasteiger partial charge in [0.25, 0.3) is 11.8 Å². The molecule has 26 heavy (non-hydrogen) atoms. The third-order valence-electron chi connectivity index (χ3n) is 3.38. The van der Waals surface area contributed by atoms with Gasteiger partial charge < -0.3 is 9.30 Å². The van der Waals surface area contributed by atoms with Crippen molar-refractivity contribution in [1.29, 1.82) is 0 Å². The van der Waals surface area contributed by atoms with Crippen molar-refractivity contribution in [2.24, 2.45) is 7.05 Å². The Morgan fingerprint density at radius 3 is 2.77 bits per heavy atom. The van der Waals surface area contributed by atoms with Crippen molar-refractivity contribution >= 4 is 51.1 Å². The molecule has 0 aliphatic rings. The van der Waals surface area contributed by atoms with Crippen LogP contribution in [0, 0.1) is 0 Å². The normalized spacial score (nSPS) is 10.7.